The number of nitrogens with zero attached hydrogens (tertiary/aromatic N) is 1. The average Bonchev–Trinajstić information content (AvgIpc) is 2.76. The Morgan fingerprint density at radius 2 is 1.80 bits per heavy atom. The first-order valence-corrected chi connectivity index (χ1v) is 7.58. The molecule has 0 aromatic heterocycles. The molecule has 1 N–H and O–H groups in total. The quantitative estimate of drug-likeness (QED) is 0.637. The number of rotatable bonds is 6. The van der Waals surface area contributed by atoms with Gasteiger partial charge in [0.2, 0.25) is 17.7 Å². The first kappa shape index (κ1) is 14.6. The van der Waals surface area contributed by atoms with E-state index in [1.807, 2.05) is 30.3 Å². The zero-order valence-corrected chi connectivity index (χ0v) is 11.8. The van der Waals surface area contributed by atoms with Gasteiger partial charge in [0.25, 0.3) is 0 Å². The molecule has 1 fully saturated rings. The van der Waals surface area contributed by atoms with Crippen LogP contribution in [0.4, 0.5) is 5.69 Å². The van der Waals surface area contributed by atoms with Crippen LogP contribution in [0.1, 0.15) is 12.8 Å². The summed E-state index contributed by atoms with van der Waals surface area (Å²) in [5.74, 6) is 0.596. The molecule has 3 amide bonds. The monoisotopic (exact) mass is 292 g/mol. The van der Waals surface area contributed by atoms with Crippen molar-refractivity contribution in [3.05, 3.63) is 30.3 Å². The molecule has 1 aliphatic heterocycles. The summed E-state index contributed by atoms with van der Waals surface area (Å²) in [6.45, 7) is 0.390. The lowest BCUT2D eigenvalue weighted by molar-refractivity contribution is -0.138. The Morgan fingerprint density at radius 3 is 2.45 bits per heavy atom. The molecule has 2 rings (SSSR count). The SMILES string of the molecule is O=C(CSCCN1C(=O)CCC1=O)Nc1ccccc1. The molecule has 20 heavy (non-hydrogen) atoms. The topological polar surface area (TPSA) is 66.5 Å². The van der Waals surface area contributed by atoms with Crippen LogP contribution in [-0.2, 0) is 14.4 Å². The summed E-state index contributed by atoms with van der Waals surface area (Å²) in [6, 6.07) is 9.24. The highest BCUT2D eigenvalue weighted by Crippen LogP contribution is 2.13. The second kappa shape index (κ2) is 7.09. The zero-order chi connectivity index (χ0) is 14.4. The Hall–Kier alpha value is -1.82. The van der Waals surface area contributed by atoms with Gasteiger partial charge in [-0.2, -0.15) is 11.8 Å². The van der Waals surface area contributed by atoms with Crippen LogP contribution >= 0.6 is 11.8 Å². The number of carbonyl (C=O) groups is 3. The maximum absolute atomic E-state index is 11.7. The average molecular weight is 292 g/mol. The van der Waals surface area contributed by atoms with Crippen molar-refractivity contribution in [2.24, 2.45) is 0 Å². The maximum atomic E-state index is 11.7. The van der Waals surface area contributed by atoms with Gasteiger partial charge in [-0.05, 0) is 12.1 Å². The van der Waals surface area contributed by atoms with E-state index in [1.165, 1.54) is 16.7 Å². The van der Waals surface area contributed by atoms with Gasteiger partial charge in [-0.3, -0.25) is 19.3 Å². The predicted molar refractivity (Wildman–Crippen MR) is 78.4 cm³/mol. The normalized spacial score (nSPS) is 14.7. The number of carbonyl (C=O) groups excluding carboxylic acids is 3. The predicted octanol–water partition coefficient (Wildman–Crippen LogP) is 1.51. The summed E-state index contributed by atoms with van der Waals surface area (Å²) in [7, 11) is 0. The van der Waals surface area contributed by atoms with Crippen LogP contribution in [0.3, 0.4) is 0 Å². The molecule has 106 valence electrons. The number of thioether (sulfide) groups is 1. The molecule has 5 nitrogen and oxygen atoms in total. The number of para-hydroxylation sites is 1. The summed E-state index contributed by atoms with van der Waals surface area (Å²) in [6.07, 6.45) is 0.635. The summed E-state index contributed by atoms with van der Waals surface area (Å²) in [5, 5.41) is 2.78. The van der Waals surface area contributed by atoms with E-state index < -0.39 is 0 Å². The molecule has 0 bridgehead atoms. The van der Waals surface area contributed by atoms with Crippen molar-refractivity contribution in [1.82, 2.24) is 4.90 Å². The molecule has 0 spiro atoms. The number of hydrogen-bond donors (Lipinski definition) is 1. The molecule has 0 radical (unpaired) electrons. The van der Waals surface area contributed by atoms with Gasteiger partial charge in [-0.15, -0.1) is 0 Å². The van der Waals surface area contributed by atoms with E-state index in [1.54, 1.807) is 0 Å². The fourth-order valence-corrected chi connectivity index (χ4v) is 2.63. The Bertz CT molecular complexity index is 488. The summed E-state index contributed by atoms with van der Waals surface area (Å²) >= 11 is 1.41. The fourth-order valence-electron chi connectivity index (χ4n) is 1.91. The number of anilines is 1. The lowest BCUT2D eigenvalue weighted by atomic mass is 10.3. The Balaban J connectivity index is 1.65. The van der Waals surface area contributed by atoms with E-state index in [2.05, 4.69) is 5.32 Å². The van der Waals surface area contributed by atoms with Crippen molar-refractivity contribution in [2.75, 3.05) is 23.4 Å². The number of nitrogens with one attached hydrogen (secondary N) is 1. The molecule has 0 aliphatic carbocycles. The van der Waals surface area contributed by atoms with Gasteiger partial charge in [-0.1, -0.05) is 18.2 Å². The minimum atomic E-state index is -0.107. The Labute approximate surface area is 121 Å². The molecule has 0 atom stereocenters. The van der Waals surface area contributed by atoms with Gasteiger partial charge in [0.1, 0.15) is 0 Å². The number of imide groups is 1. The molecule has 1 saturated heterocycles. The van der Waals surface area contributed by atoms with Gasteiger partial charge < -0.3 is 5.32 Å². The van der Waals surface area contributed by atoms with Crippen molar-refractivity contribution in [2.45, 2.75) is 12.8 Å². The van der Waals surface area contributed by atoms with Crippen LogP contribution in [0.5, 0.6) is 0 Å². The van der Waals surface area contributed by atoms with Gasteiger partial charge in [0.15, 0.2) is 0 Å². The Kier molecular flexibility index (Phi) is 5.17. The molecule has 0 unspecified atom stereocenters. The lowest BCUT2D eigenvalue weighted by Crippen LogP contribution is -2.31. The van der Waals surface area contributed by atoms with Crippen molar-refractivity contribution in [3.8, 4) is 0 Å². The van der Waals surface area contributed by atoms with Crippen molar-refractivity contribution < 1.29 is 14.4 Å². The van der Waals surface area contributed by atoms with E-state index in [4.69, 9.17) is 0 Å². The van der Waals surface area contributed by atoms with Gasteiger partial charge >= 0.3 is 0 Å². The molecular weight excluding hydrogens is 276 g/mol. The van der Waals surface area contributed by atoms with E-state index in [9.17, 15) is 14.4 Å². The van der Waals surface area contributed by atoms with Gasteiger partial charge in [-0.25, -0.2) is 0 Å². The number of likely N-dealkylation sites (tertiary alicyclic amines) is 1. The van der Waals surface area contributed by atoms with Crippen LogP contribution in [-0.4, -0.2) is 40.7 Å². The van der Waals surface area contributed by atoms with Crippen molar-refractivity contribution >= 4 is 35.2 Å². The molecule has 6 heteroatoms. The molecular formula is C14H16N2O3S. The standard InChI is InChI=1S/C14H16N2O3S/c17-12(15-11-4-2-1-3-5-11)10-20-9-8-16-13(18)6-7-14(16)19/h1-5H,6-10H2,(H,15,17). The highest BCUT2D eigenvalue weighted by atomic mass is 32.2. The minimum Gasteiger partial charge on any atom is -0.325 e. The maximum Gasteiger partial charge on any atom is 0.234 e. The molecule has 1 aromatic carbocycles. The van der Waals surface area contributed by atoms with Crippen LogP contribution < -0.4 is 5.32 Å². The van der Waals surface area contributed by atoms with Crippen LogP contribution in [0.25, 0.3) is 0 Å². The fraction of sp³-hybridized carbons (Fsp3) is 0.357. The first-order chi connectivity index (χ1) is 9.66. The summed E-state index contributed by atoms with van der Waals surface area (Å²) < 4.78 is 0. The second-order valence-corrected chi connectivity index (χ2v) is 5.51. The van der Waals surface area contributed by atoms with E-state index in [-0.39, 0.29) is 17.7 Å². The highest BCUT2D eigenvalue weighted by molar-refractivity contribution is 7.99. The summed E-state index contributed by atoms with van der Waals surface area (Å²) in [4.78, 5) is 35.7. The smallest absolute Gasteiger partial charge is 0.234 e. The molecule has 0 saturated carbocycles. The largest absolute Gasteiger partial charge is 0.325 e. The molecule has 1 aliphatic rings. The van der Waals surface area contributed by atoms with E-state index in [0.29, 0.717) is 30.9 Å². The van der Waals surface area contributed by atoms with Crippen LogP contribution in [0.2, 0.25) is 0 Å². The lowest BCUT2D eigenvalue weighted by Gasteiger charge is -2.12. The molecule has 1 aromatic rings. The number of amides is 3. The van der Waals surface area contributed by atoms with E-state index in [0.717, 1.165) is 5.69 Å². The first-order valence-electron chi connectivity index (χ1n) is 6.42. The second-order valence-electron chi connectivity index (χ2n) is 4.41. The third-order valence-corrected chi connectivity index (χ3v) is 3.84. The summed E-state index contributed by atoms with van der Waals surface area (Å²) in [5.41, 5.74) is 0.767. The van der Waals surface area contributed by atoms with Crippen LogP contribution in [0.15, 0.2) is 30.3 Å². The highest BCUT2D eigenvalue weighted by Gasteiger charge is 2.27. The number of hydrogen-bond acceptors (Lipinski definition) is 4. The zero-order valence-electron chi connectivity index (χ0n) is 11.0. The third-order valence-electron chi connectivity index (χ3n) is 2.90. The van der Waals surface area contributed by atoms with Crippen molar-refractivity contribution in [1.29, 1.82) is 0 Å². The van der Waals surface area contributed by atoms with E-state index >= 15 is 0 Å². The third kappa shape index (κ3) is 4.09. The van der Waals surface area contributed by atoms with Gasteiger partial charge in [0.05, 0.1) is 5.75 Å². The van der Waals surface area contributed by atoms with Crippen LogP contribution in [0, 0.1) is 0 Å². The van der Waals surface area contributed by atoms with Gasteiger partial charge in [0, 0.05) is 30.8 Å². The molecule has 1 heterocycles. The van der Waals surface area contributed by atoms with Crippen molar-refractivity contribution in [3.63, 3.8) is 0 Å². The Morgan fingerprint density at radius 1 is 1.15 bits per heavy atom. The number of benzene rings is 1. The minimum absolute atomic E-state index is 0.0831.